The molecule has 1 aliphatic rings. The molecule has 1 aliphatic heterocycles. The minimum absolute atomic E-state index is 0.0199. The maximum absolute atomic E-state index is 12.8. The number of carbonyl (C=O) groups excluding carboxylic acids is 1. The number of hydrogen-bond donors (Lipinski definition) is 1. The number of pyridine rings is 2. The highest BCUT2D eigenvalue weighted by molar-refractivity contribution is 6.00. The zero-order valence-corrected chi connectivity index (χ0v) is 16.3. The van der Waals surface area contributed by atoms with Crippen molar-refractivity contribution in [3.63, 3.8) is 0 Å². The van der Waals surface area contributed by atoms with Gasteiger partial charge in [-0.05, 0) is 42.7 Å². The summed E-state index contributed by atoms with van der Waals surface area (Å²) >= 11 is 0. The molecule has 0 aromatic carbocycles. The summed E-state index contributed by atoms with van der Waals surface area (Å²) in [7, 11) is 0. The lowest BCUT2D eigenvalue weighted by molar-refractivity contribution is 0.0934. The fourth-order valence-corrected chi connectivity index (χ4v) is 3.95. The molecule has 152 valence electrons. The molecule has 0 saturated heterocycles. The number of carbonyl (C=O) groups is 1. The molecule has 9 nitrogen and oxygen atoms in total. The maximum atomic E-state index is 12.8. The molecule has 0 radical (unpaired) electrons. The first-order valence-corrected chi connectivity index (χ1v) is 9.98. The minimum Gasteiger partial charge on any atom is -0.349 e. The fourth-order valence-electron chi connectivity index (χ4n) is 3.95. The van der Waals surface area contributed by atoms with E-state index < -0.39 is 0 Å². The summed E-state index contributed by atoms with van der Waals surface area (Å²) in [6.45, 7) is 0.936. The van der Waals surface area contributed by atoms with Crippen LogP contribution in [0.4, 0.5) is 0 Å². The monoisotopic (exact) mass is 403 g/mol. The lowest BCUT2D eigenvalue weighted by atomic mass is 10.1. The van der Waals surface area contributed by atoms with E-state index in [0.29, 0.717) is 31.5 Å². The van der Waals surface area contributed by atoms with Crippen molar-refractivity contribution in [1.82, 2.24) is 34.3 Å². The maximum Gasteiger partial charge on any atom is 0.346 e. The molecule has 4 aromatic heterocycles. The smallest absolute Gasteiger partial charge is 0.346 e. The number of hydrogen-bond acceptors (Lipinski definition) is 5. The topological polar surface area (TPSA) is 99.1 Å². The van der Waals surface area contributed by atoms with Crippen LogP contribution in [0, 0.1) is 0 Å². The van der Waals surface area contributed by atoms with Crippen LogP contribution in [0.1, 0.15) is 34.6 Å². The summed E-state index contributed by atoms with van der Waals surface area (Å²) in [5.74, 6) is 0.637. The van der Waals surface area contributed by atoms with Gasteiger partial charge in [-0.2, -0.15) is 10.2 Å². The van der Waals surface area contributed by atoms with Crippen LogP contribution in [-0.4, -0.2) is 40.9 Å². The Morgan fingerprint density at radius 2 is 2.10 bits per heavy atom. The average molecular weight is 403 g/mol. The number of rotatable bonds is 4. The second-order valence-corrected chi connectivity index (χ2v) is 7.45. The van der Waals surface area contributed by atoms with Gasteiger partial charge in [0, 0.05) is 37.6 Å². The van der Waals surface area contributed by atoms with Crippen molar-refractivity contribution < 1.29 is 4.79 Å². The summed E-state index contributed by atoms with van der Waals surface area (Å²) < 4.78 is 4.90. The summed E-state index contributed by atoms with van der Waals surface area (Å²) in [6, 6.07) is 9.18. The Labute approximate surface area is 172 Å². The van der Waals surface area contributed by atoms with Gasteiger partial charge in [-0.1, -0.05) is 6.07 Å². The number of aryl methyl sites for hydroxylation is 1. The lowest BCUT2D eigenvalue weighted by Crippen LogP contribution is -2.36. The van der Waals surface area contributed by atoms with Crippen LogP contribution in [0.5, 0.6) is 0 Å². The summed E-state index contributed by atoms with van der Waals surface area (Å²) in [5.41, 5.74) is 2.18. The van der Waals surface area contributed by atoms with Crippen molar-refractivity contribution in [2.75, 3.05) is 0 Å². The molecule has 30 heavy (non-hydrogen) atoms. The highest BCUT2D eigenvalue weighted by Gasteiger charge is 2.23. The predicted octanol–water partition coefficient (Wildman–Crippen LogP) is 1.27. The van der Waals surface area contributed by atoms with Gasteiger partial charge in [0.05, 0.1) is 23.8 Å². The van der Waals surface area contributed by atoms with Crippen LogP contribution >= 0.6 is 0 Å². The summed E-state index contributed by atoms with van der Waals surface area (Å²) in [4.78, 5) is 29.7. The first-order valence-electron chi connectivity index (χ1n) is 9.98. The molecule has 5 heterocycles. The van der Waals surface area contributed by atoms with Gasteiger partial charge in [-0.25, -0.2) is 14.0 Å². The molecule has 0 spiro atoms. The second-order valence-electron chi connectivity index (χ2n) is 7.45. The average Bonchev–Trinajstić information content (AvgIpc) is 3.29. The van der Waals surface area contributed by atoms with Gasteiger partial charge < -0.3 is 5.32 Å². The Morgan fingerprint density at radius 3 is 2.97 bits per heavy atom. The summed E-state index contributed by atoms with van der Waals surface area (Å²) in [6.07, 6.45) is 8.98. The molecule has 5 rings (SSSR count). The first kappa shape index (κ1) is 18.3. The van der Waals surface area contributed by atoms with E-state index in [4.69, 9.17) is 0 Å². The first-order chi connectivity index (χ1) is 14.7. The minimum atomic E-state index is -0.125. The van der Waals surface area contributed by atoms with Gasteiger partial charge in [0.2, 0.25) is 0 Å². The molecule has 1 N–H and O–H groups in total. The van der Waals surface area contributed by atoms with E-state index in [-0.39, 0.29) is 17.6 Å². The van der Waals surface area contributed by atoms with E-state index in [9.17, 15) is 9.59 Å². The van der Waals surface area contributed by atoms with Gasteiger partial charge in [0.15, 0.2) is 0 Å². The zero-order valence-electron chi connectivity index (χ0n) is 16.3. The quantitative estimate of drug-likeness (QED) is 0.553. The van der Waals surface area contributed by atoms with E-state index in [1.165, 1.54) is 4.68 Å². The molecule has 4 aromatic rings. The van der Waals surface area contributed by atoms with Crippen molar-refractivity contribution in [2.45, 2.75) is 38.4 Å². The zero-order chi connectivity index (χ0) is 20.5. The fraction of sp³-hybridized carbons (Fsp3) is 0.286. The van der Waals surface area contributed by atoms with Gasteiger partial charge >= 0.3 is 5.69 Å². The Morgan fingerprint density at radius 1 is 1.17 bits per heavy atom. The van der Waals surface area contributed by atoms with Gasteiger partial charge in [0.1, 0.15) is 5.82 Å². The predicted molar refractivity (Wildman–Crippen MR) is 109 cm³/mol. The molecule has 9 heteroatoms. The third-order valence-electron chi connectivity index (χ3n) is 5.49. The second kappa shape index (κ2) is 7.58. The highest BCUT2D eigenvalue weighted by Crippen LogP contribution is 2.15. The van der Waals surface area contributed by atoms with Gasteiger partial charge in [0.25, 0.3) is 5.91 Å². The molecule has 1 amide bonds. The van der Waals surface area contributed by atoms with Crippen molar-refractivity contribution in [2.24, 2.45) is 0 Å². The van der Waals surface area contributed by atoms with Crippen LogP contribution in [0.25, 0.3) is 5.52 Å². The molecule has 0 bridgehead atoms. The molecule has 1 atom stereocenters. The van der Waals surface area contributed by atoms with Crippen LogP contribution in [0.3, 0.4) is 0 Å². The van der Waals surface area contributed by atoms with Crippen molar-refractivity contribution in [3.8, 4) is 0 Å². The summed E-state index contributed by atoms with van der Waals surface area (Å²) in [5, 5.41) is 11.8. The number of nitrogens with one attached hydrogen (secondary N) is 1. The standard InChI is InChI=1S/C21H21N7O2/c29-20(17-4-2-11-27-18(17)7-10-23-27)24-16-5-6-19-25-28(21(30)26(19)12-8-16)14-15-3-1-9-22-13-15/h1-4,7,9-11,13,16H,5-6,8,12,14H2,(H,24,29). The van der Waals surface area contributed by atoms with Crippen LogP contribution in [-0.2, 0) is 19.5 Å². The SMILES string of the molecule is O=C(NC1CCc2nn(Cc3cccnc3)c(=O)n2CC1)c1cccn2nccc12. The normalized spacial score (nSPS) is 16.2. The highest BCUT2D eigenvalue weighted by atomic mass is 16.2. The van der Waals surface area contributed by atoms with E-state index in [2.05, 4.69) is 20.5 Å². The van der Waals surface area contributed by atoms with Crippen LogP contribution < -0.4 is 11.0 Å². The Hall–Kier alpha value is -3.75. The Balaban J connectivity index is 1.29. The molecular weight excluding hydrogens is 382 g/mol. The van der Waals surface area contributed by atoms with Crippen LogP contribution in [0.2, 0.25) is 0 Å². The molecule has 0 aliphatic carbocycles. The molecule has 1 unspecified atom stereocenters. The Kier molecular flexibility index (Phi) is 4.62. The molecular formula is C21H21N7O2. The van der Waals surface area contributed by atoms with Crippen molar-refractivity contribution in [3.05, 3.63) is 82.6 Å². The Bertz CT molecular complexity index is 1260. The largest absolute Gasteiger partial charge is 0.349 e. The third kappa shape index (κ3) is 3.38. The van der Waals surface area contributed by atoms with Crippen molar-refractivity contribution >= 4 is 11.4 Å². The van der Waals surface area contributed by atoms with E-state index in [1.807, 2.05) is 30.5 Å². The number of amides is 1. The van der Waals surface area contributed by atoms with Gasteiger partial charge in [-0.3, -0.25) is 14.3 Å². The number of nitrogens with zero attached hydrogens (tertiary/aromatic N) is 6. The van der Waals surface area contributed by atoms with E-state index in [1.54, 1.807) is 33.7 Å². The third-order valence-corrected chi connectivity index (χ3v) is 5.49. The lowest BCUT2D eigenvalue weighted by Gasteiger charge is -2.16. The molecule has 0 saturated carbocycles. The van der Waals surface area contributed by atoms with Gasteiger partial charge in [-0.15, -0.1) is 0 Å². The van der Waals surface area contributed by atoms with Crippen LogP contribution in [0.15, 0.2) is 59.9 Å². The number of fused-ring (bicyclic) bond motifs is 2. The van der Waals surface area contributed by atoms with E-state index in [0.717, 1.165) is 23.3 Å². The molecule has 0 fully saturated rings. The van der Waals surface area contributed by atoms with E-state index >= 15 is 0 Å². The van der Waals surface area contributed by atoms with Crippen molar-refractivity contribution in [1.29, 1.82) is 0 Å². The number of aromatic nitrogens is 6.